The van der Waals surface area contributed by atoms with Gasteiger partial charge in [-0.15, -0.1) is 11.3 Å². The molecule has 0 bridgehead atoms. The van der Waals surface area contributed by atoms with Crippen molar-refractivity contribution in [3.63, 3.8) is 0 Å². The van der Waals surface area contributed by atoms with Crippen LogP contribution >= 0.6 is 34.7 Å². The maximum absolute atomic E-state index is 5.78. The molecule has 5 heteroatoms. The summed E-state index contributed by atoms with van der Waals surface area (Å²) in [6.07, 6.45) is 3.85. The number of anilines is 1. The van der Waals surface area contributed by atoms with Crippen LogP contribution in [0.5, 0.6) is 0 Å². The monoisotopic (exact) mass is 262 g/mol. The average Bonchev–Trinajstić information content (AvgIpc) is 2.78. The zero-order valence-corrected chi connectivity index (χ0v) is 11.1. The lowest BCUT2D eigenvalue weighted by atomic mass is 10.3. The third kappa shape index (κ3) is 3.26. The molecule has 1 aliphatic rings. The first-order chi connectivity index (χ1) is 7.28. The summed E-state index contributed by atoms with van der Waals surface area (Å²) in [5, 5.41) is 7.73. The Morgan fingerprint density at radius 2 is 2.53 bits per heavy atom. The van der Waals surface area contributed by atoms with Gasteiger partial charge < -0.3 is 5.32 Å². The Morgan fingerprint density at radius 1 is 1.67 bits per heavy atom. The standard InChI is InChI=1S/C10H15ClN2S2/c1-2-14-8-4-3-7(5-8)12-10-13-9(11)6-15-10/h6-8H,2-5H2,1H3,(H,12,13). The number of hydrogen-bond donors (Lipinski definition) is 1. The highest BCUT2D eigenvalue weighted by Crippen LogP contribution is 2.32. The smallest absolute Gasteiger partial charge is 0.184 e. The molecule has 0 aliphatic heterocycles. The number of nitrogens with one attached hydrogen (secondary N) is 1. The quantitative estimate of drug-likeness (QED) is 0.891. The van der Waals surface area contributed by atoms with Crippen LogP contribution in [0.1, 0.15) is 26.2 Å². The van der Waals surface area contributed by atoms with Crippen LogP contribution in [0.25, 0.3) is 0 Å². The molecule has 2 atom stereocenters. The number of nitrogens with zero attached hydrogens (tertiary/aromatic N) is 1. The highest BCUT2D eigenvalue weighted by molar-refractivity contribution is 7.99. The average molecular weight is 263 g/mol. The number of aromatic nitrogens is 1. The molecule has 1 heterocycles. The zero-order chi connectivity index (χ0) is 10.7. The van der Waals surface area contributed by atoms with Crippen LogP contribution in [-0.4, -0.2) is 22.0 Å². The second kappa shape index (κ2) is 5.41. The van der Waals surface area contributed by atoms with Gasteiger partial charge in [-0.2, -0.15) is 11.8 Å². The lowest BCUT2D eigenvalue weighted by Crippen LogP contribution is -2.15. The molecule has 1 fully saturated rings. The molecule has 0 aromatic carbocycles. The maximum atomic E-state index is 5.78. The second-order valence-corrected chi connectivity index (χ2v) is 6.53. The third-order valence-electron chi connectivity index (χ3n) is 2.59. The summed E-state index contributed by atoms with van der Waals surface area (Å²) in [6, 6.07) is 0.594. The second-order valence-electron chi connectivity index (χ2n) is 3.71. The molecule has 0 amide bonds. The van der Waals surface area contributed by atoms with Crippen molar-refractivity contribution in [3.8, 4) is 0 Å². The van der Waals surface area contributed by atoms with Crippen molar-refractivity contribution in [2.45, 2.75) is 37.5 Å². The van der Waals surface area contributed by atoms with Gasteiger partial charge in [0.25, 0.3) is 0 Å². The van der Waals surface area contributed by atoms with E-state index < -0.39 is 0 Å². The number of thiazole rings is 1. The molecule has 2 nitrogen and oxygen atoms in total. The predicted molar refractivity (Wildman–Crippen MR) is 70.3 cm³/mol. The van der Waals surface area contributed by atoms with Crippen LogP contribution in [0.2, 0.25) is 5.15 Å². The lowest BCUT2D eigenvalue weighted by molar-refractivity contribution is 0.756. The van der Waals surface area contributed by atoms with Crippen LogP contribution in [0.4, 0.5) is 5.13 Å². The van der Waals surface area contributed by atoms with E-state index in [4.69, 9.17) is 11.6 Å². The van der Waals surface area contributed by atoms with Crippen molar-refractivity contribution in [3.05, 3.63) is 10.5 Å². The van der Waals surface area contributed by atoms with Crippen LogP contribution in [0.15, 0.2) is 5.38 Å². The first-order valence-corrected chi connectivity index (χ1v) is 7.57. The van der Waals surface area contributed by atoms with Crippen molar-refractivity contribution < 1.29 is 0 Å². The molecule has 2 rings (SSSR count). The van der Waals surface area contributed by atoms with Gasteiger partial charge in [-0.1, -0.05) is 18.5 Å². The Labute approximate surface area is 104 Å². The van der Waals surface area contributed by atoms with Gasteiger partial charge in [-0.3, -0.25) is 0 Å². The molecule has 1 saturated carbocycles. The van der Waals surface area contributed by atoms with E-state index >= 15 is 0 Å². The Balaban J connectivity index is 1.82. The SMILES string of the molecule is CCSC1CCC(Nc2nc(Cl)cs2)C1. The molecule has 1 aromatic heterocycles. The number of hydrogen-bond acceptors (Lipinski definition) is 4. The number of rotatable bonds is 4. The molecule has 15 heavy (non-hydrogen) atoms. The minimum absolute atomic E-state index is 0.594. The van der Waals surface area contributed by atoms with Crippen LogP contribution in [0, 0.1) is 0 Å². The summed E-state index contributed by atoms with van der Waals surface area (Å²) >= 11 is 9.44. The van der Waals surface area contributed by atoms with E-state index in [0.29, 0.717) is 11.2 Å². The molecule has 1 N–H and O–H groups in total. The van der Waals surface area contributed by atoms with Crippen molar-refractivity contribution in [2.75, 3.05) is 11.1 Å². The van der Waals surface area contributed by atoms with Crippen molar-refractivity contribution in [2.24, 2.45) is 0 Å². The summed E-state index contributed by atoms with van der Waals surface area (Å²) in [5.41, 5.74) is 0. The Bertz CT molecular complexity index is 316. The zero-order valence-electron chi connectivity index (χ0n) is 8.70. The molecule has 84 valence electrons. The van der Waals surface area contributed by atoms with Gasteiger partial charge in [0.2, 0.25) is 0 Å². The van der Waals surface area contributed by atoms with Crippen LogP contribution < -0.4 is 5.32 Å². The van der Waals surface area contributed by atoms with Crippen molar-refractivity contribution in [1.82, 2.24) is 4.98 Å². The van der Waals surface area contributed by atoms with Gasteiger partial charge in [-0.05, 0) is 25.0 Å². The van der Waals surface area contributed by atoms with E-state index in [1.807, 2.05) is 5.38 Å². The van der Waals surface area contributed by atoms with Gasteiger partial charge >= 0.3 is 0 Å². The minimum Gasteiger partial charge on any atom is -0.359 e. The van der Waals surface area contributed by atoms with Crippen LogP contribution in [-0.2, 0) is 0 Å². The van der Waals surface area contributed by atoms with Gasteiger partial charge in [0.05, 0.1) is 0 Å². The fourth-order valence-electron chi connectivity index (χ4n) is 1.95. The number of halogens is 1. The molecular weight excluding hydrogens is 248 g/mol. The topological polar surface area (TPSA) is 24.9 Å². The highest BCUT2D eigenvalue weighted by Gasteiger charge is 2.24. The first-order valence-electron chi connectivity index (χ1n) is 5.27. The predicted octanol–water partition coefficient (Wildman–Crippen LogP) is 3.88. The third-order valence-corrected chi connectivity index (χ3v) is 4.92. The van der Waals surface area contributed by atoms with E-state index in [0.717, 1.165) is 10.4 Å². The molecule has 0 saturated heterocycles. The summed E-state index contributed by atoms with van der Waals surface area (Å²) in [4.78, 5) is 4.21. The molecule has 2 unspecified atom stereocenters. The normalized spacial score (nSPS) is 25.7. The van der Waals surface area contributed by atoms with E-state index in [9.17, 15) is 0 Å². The molecule has 1 aromatic rings. The number of thioether (sulfide) groups is 1. The fourth-order valence-corrected chi connectivity index (χ4v) is 4.01. The van der Waals surface area contributed by atoms with Gasteiger partial charge in [0.15, 0.2) is 5.13 Å². The fraction of sp³-hybridized carbons (Fsp3) is 0.700. The van der Waals surface area contributed by atoms with Gasteiger partial charge in [-0.25, -0.2) is 4.98 Å². The largest absolute Gasteiger partial charge is 0.359 e. The Morgan fingerprint density at radius 3 is 3.20 bits per heavy atom. The summed E-state index contributed by atoms with van der Waals surface area (Å²) in [7, 11) is 0. The van der Waals surface area contributed by atoms with Gasteiger partial charge in [0.1, 0.15) is 5.15 Å². The Hall–Kier alpha value is 0.0700. The molecular formula is C10H15ClN2S2. The van der Waals surface area contributed by atoms with Crippen molar-refractivity contribution in [1.29, 1.82) is 0 Å². The molecule has 0 radical (unpaired) electrons. The summed E-state index contributed by atoms with van der Waals surface area (Å²) in [6.45, 7) is 2.23. The van der Waals surface area contributed by atoms with Gasteiger partial charge in [0, 0.05) is 16.7 Å². The van der Waals surface area contributed by atoms with Crippen LogP contribution in [0.3, 0.4) is 0 Å². The lowest BCUT2D eigenvalue weighted by Gasteiger charge is -2.11. The van der Waals surface area contributed by atoms with E-state index in [1.54, 1.807) is 11.3 Å². The van der Waals surface area contributed by atoms with E-state index in [1.165, 1.54) is 25.0 Å². The molecule has 1 aliphatic carbocycles. The molecule has 0 spiro atoms. The minimum atomic E-state index is 0.594. The highest BCUT2D eigenvalue weighted by atomic mass is 35.5. The van der Waals surface area contributed by atoms with Crippen molar-refractivity contribution >= 4 is 39.8 Å². The summed E-state index contributed by atoms with van der Waals surface area (Å²) < 4.78 is 0. The van der Waals surface area contributed by atoms with E-state index in [2.05, 4.69) is 29.0 Å². The maximum Gasteiger partial charge on any atom is 0.184 e. The Kier molecular flexibility index (Phi) is 4.17. The summed E-state index contributed by atoms with van der Waals surface area (Å²) in [5.74, 6) is 1.22. The van der Waals surface area contributed by atoms with E-state index in [-0.39, 0.29) is 0 Å². The first kappa shape index (κ1) is 11.6.